The second kappa shape index (κ2) is 5.46. The monoisotopic (exact) mass is 301 g/mol. The predicted molar refractivity (Wildman–Crippen MR) is 82.3 cm³/mol. The summed E-state index contributed by atoms with van der Waals surface area (Å²) in [5.41, 5.74) is 8.30. The summed E-state index contributed by atoms with van der Waals surface area (Å²) in [5, 5.41) is 8.79. The van der Waals surface area contributed by atoms with E-state index in [9.17, 15) is 8.42 Å². The molecule has 0 saturated carbocycles. The van der Waals surface area contributed by atoms with Crippen LogP contribution >= 0.6 is 0 Å². The molecule has 108 valence electrons. The summed E-state index contributed by atoms with van der Waals surface area (Å²) in [6.07, 6.45) is 0. The molecule has 0 aliphatic carbocycles. The molecule has 3 N–H and O–H groups in total. The van der Waals surface area contributed by atoms with Crippen LogP contribution in [0.25, 0.3) is 0 Å². The Morgan fingerprint density at radius 2 is 1.76 bits per heavy atom. The van der Waals surface area contributed by atoms with Gasteiger partial charge in [0.05, 0.1) is 23.0 Å². The number of hydrogen-bond donors (Lipinski definition) is 2. The van der Waals surface area contributed by atoms with E-state index in [4.69, 9.17) is 11.0 Å². The van der Waals surface area contributed by atoms with Crippen LogP contribution in [-0.4, -0.2) is 8.42 Å². The van der Waals surface area contributed by atoms with Crippen molar-refractivity contribution in [1.29, 1.82) is 5.26 Å². The molecule has 0 aliphatic heterocycles. The average molecular weight is 301 g/mol. The molecule has 0 bridgehead atoms. The van der Waals surface area contributed by atoms with Crippen molar-refractivity contribution in [3.63, 3.8) is 0 Å². The van der Waals surface area contributed by atoms with Crippen LogP contribution in [0.4, 0.5) is 11.4 Å². The second-order valence-electron chi connectivity index (χ2n) is 4.74. The molecule has 0 aromatic heterocycles. The minimum atomic E-state index is -3.80. The minimum Gasteiger partial charge on any atom is -0.398 e. The van der Waals surface area contributed by atoms with Gasteiger partial charge in [0.15, 0.2) is 0 Å². The summed E-state index contributed by atoms with van der Waals surface area (Å²) in [4.78, 5) is -0.0378. The molecule has 5 nitrogen and oxygen atoms in total. The van der Waals surface area contributed by atoms with Gasteiger partial charge in [0.1, 0.15) is 4.90 Å². The fourth-order valence-corrected chi connectivity index (χ4v) is 3.34. The van der Waals surface area contributed by atoms with Crippen molar-refractivity contribution in [2.75, 3.05) is 10.5 Å². The topological polar surface area (TPSA) is 96.0 Å². The standard InChI is InChI=1S/C15H15N3O2S/c1-10-4-3-5-11(2)15(10)18-21(19,20)14-7-6-12(9-16)8-13(14)17/h3-8,18H,17H2,1-2H3. The second-order valence-corrected chi connectivity index (χ2v) is 6.39. The minimum absolute atomic E-state index is 0.0378. The highest BCUT2D eigenvalue weighted by Crippen LogP contribution is 2.26. The number of anilines is 2. The zero-order valence-corrected chi connectivity index (χ0v) is 12.5. The summed E-state index contributed by atoms with van der Waals surface area (Å²) in [7, 11) is -3.80. The summed E-state index contributed by atoms with van der Waals surface area (Å²) in [6.45, 7) is 3.65. The molecule has 0 saturated heterocycles. The maximum Gasteiger partial charge on any atom is 0.263 e. The third kappa shape index (κ3) is 2.98. The van der Waals surface area contributed by atoms with Gasteiger partial charge in [0, 0.05) is 0 Å². The van der Waals surface area contributed by atoms with Gasteiger partial charge in [-0.25, -0.2) is 8.42 Å². The van der Waals surface area contributed by atoms with Crippen LogP contribution in [0.2, 0.25) is 0 Å². The Bertz CT molecular complexity index is 816. The molecule has 2 aromatic rings. The quantitative estimate of drug-likeness (QED) is 0.851. The fraction of sp³-hybridized carbons (Fsp3) is 0.133. The van der Waals surface area contributed by atoms with Crippen molar-refractivity contribution in [1.82, 2.24) is 0 Å². The number of aryl methyl sites for hydroxylation is 2. The van der Waals surface area contributed by atoms with Gasteiger partial charge >= 0.3 is 0 Å². The lowest BCUT2D eigenvalue weighted by Crippen LogP contribution is -2.16. The van der Waals surface area contributed by atoms with Gasteiger partial charge in [0.2, 0.25) is 0 Å². The van der Waals surface area contributed by atoms with Crippen molar-refractivity contribution in [3.05, 3.63) is 53.1 Å². The number of nitrogen functional groups attached to an aromatic ring is 1. The number of hydrogen-bond acceptors (Lipinski definition) is 4. The number of para-hydroxylation sites is 1. The van der Waals surface area contributed by atoms with Crippen LogP contribution in [0, 0.1) is 25.2 Å². The van der Waals surface area contributed by atoms with E-state index >= 15 is 0 Å². The lowest BCUT2D eigenvalue weighted by molar-refractivity contribution is 0.601. The van der Waals surface area contributed by atoms with Crippen LogP contribution in [0.3, 0.4) is 0 Å². The molecule has 0 spiro atoms. The summed E-state index contributed by atoms with van der Waals surface area (Å²) >= 11 is 0. The zero-order chi connectivity index (χ0) is 15.6. The highest BCUT2D eigenvalue weighted by molar-refractivity contribution is 7.92. The first-order valence-corrected chi connectivity index (χ1v) is 7.72. The molecule has 0 unspecified atom stereocenters. The van der Waals surface area contributed by atoms with Gasteiger partial charge in [-0.1, -0.05) is 18.2 Å². The zero-order valence-electron chi connectivity index (χ0n) is 11.7. The number of nitrogens with zero attached hydrogens (tertiary/aromatic N) is 1. The van der Waals surface area contributed by atoms with Gasteiger partial charge in [0.25, 0.3) is 10.0 Å². The van der Waals surface area contributed by atoms with Crippen LogP contribution in [-0.2, 0) is 10.0 Å². The smallest absolute Gasteiger partial charge is 0.263 e. The third-order valence-corrected chi connectivity index (χ3v) is 4.57. The first-order chi connectivity index (χ1) is 9.85. The van der Waals surface area contributed by atoms with E-state index in [0.29, 0.717) is 11.3 Å². The average Bonchev–Trinajstić information content (AvgIpc) is 2.42. The normalized spacial score (nSPS) is 10.9. The number of nitriles is 1. The number of benzene rings is 2. The molecule has 2 aromatic carbocycles. The van der Waals surface area contributed by atoms with E-state index in [1.54, 1.807) is 0 Å². The lowest BCUT2D eigenvalue weighted by atomic mass is 10.1. The van der Waals surface area contributed by atoms with E-state index in [2.05, 4.69) is 4.72 Å². The van der Waals surface area contributed by atoms with Gasteiger partial charge in [-0.15, -0.1) is 0 Å². The van der Waals surface area contributed by atoms with E-state index in [1.165, 1.54) is 18.2 Å². The molecule has 0 fully saturated rings. The predicted octanol–water partition coefficient (Wildman–Crippen LogP) is 2.56. The van der Waals surface area contributed by atoms with Crippen molar-refractivity contribution in [2.24, 2.45) is 0 Å². The van der Waals surface area contributed by atoms with Gasteiger partial charge in [-0.3, -0.25) is 4.72 Å². The van der Waals surface area contributed by atoms with Crippen LogP contribution in [0.5, 0.6) is 0 Å². The Morgan fingerprint density at radius 3 is 2.29 bits per heavy atom. The van der Waals surface area contributed by atoms with Gasteiger partial charge < -0.3 is 5.73 Å². The van der Waals surface area contributed by atoms with Crippen LogP contribution in [0.15, 0.2) is 41.3 Å². The first kappa shape index (κ1) is 14.9. The third-order valence-electron chi connectivity index (χ3n) is 3.15. The summed E-state index contributed by atoms with van der Waals surface area (Å²) in [5.74, 6) is 0. The number of sulfonamides is 1. The van der Waals surface area contributed by atoms with Crippen LogP contribution in [0.1, 0.15) is 16.7 Å². The molecule has 0 radical (unpaired) electrons. The maximum atomic E-state index is 12.5. The van der Waals surface area contributed by atoms with Crippen molar-refractivity contribution < 1.29 is 8.42 Å². The maximum absolute atomic E-state index is 12.5. The molecule has 6 heteroatoms. The molecule has 0 aliphatic rings. The highest BCUT2D eigenvalue weighted by atomic mass is 32.2. The van der Waals surface area contributed by atoms with E-state index in [0.717, 1.165) is 11.1 Å². The summed E-state index contributed by atoms with van der Waals surface area (Å²) < 4.78 is 27.5. The Balaban J connectivity index is 2.47. The number of rotatable bonds is 3. The lowest BCUT2D eigenvalue weighted by Gasteiger charge is -2.14. The molecule has 0 amide bonds. The molecular weight excluding hydrogens is 286 g/mol. The van der Waals surface area contributed by atoms with Crippen molar-refractivity contribution in [3.8, 4) is 6.07 Å². The molecule has 0 heterocycles. The van der Waals surface area contributed by atoms with E-state index in [1.807, 2.05) is 38.1 Å². The summed E-state index contributed by atoms with van der Waals surface area (Å²) in [6, 6.07) is 11.5. The number of nitrogens with two attached hydrogens (primary N) is 1. The van der Waals surface area contributed by atoms with Gasteiger partial charge in [-0.05, 0) is 43.2 Å². The highest BCUT2D eigenvalue weighted by Gasteiger charge is 2.19. The van der Waals surface area contributed by atoms with E-state index < -0.39 is 10.0 Å². The van der Waals surface area contributed by atoms with Gasteiger partial charge in [-0.2, -0.15) is 5.26 Å². The molecule has 21 heavy (non-hydrogen) atoms. The fourth-order valence-electron chi connectivity index (χ4n) is 2.03. The SMILES string of the molecule is Cc1cccc(C)c1NS(=O)(=O)c1ccc(C#N)cc1N. The van der Waals surface area contributed by atoms with Crippen molar-refractivity contribution >= 4 is 21.4 Å². The number of nitrogens with one attached hydrogen (secondary N) is 1. The Labute approximate surface area is 124 Å². The largest absolute Gasteiger partial charge is 0.398 e. The molecular formula is C15H15N3O2S. The molecule has 2 rings (SSSR count). The Hall–Kier alpha value is -2.52. The molecule has 0 atom stereocenters. The van der Waals surface area contributed by atoms with E-state index in [-0.39, 0.29) is 10.6 Å². The van der Waals surface area contributed by atoms with Crippen molar-refractivity contribution in [2.45, 2.75) is 18.7 Å². The Kier molecular flexibility index (Phi) is 3.87. The first-order valence-electron chi connectivity index (χ1n) is 6.24. The Morgan fingerprint density at radius 1 is 1.14 bits per heavy atom. The van der Waals surface area contributed by atoms with Crippen LogP contribution < -0.4 is 10.5 Å².